The van der Waals surface area contributed by atoms with Crippen LogP contribution in [0, 0.1) is 6.20 Å². The lowest BCUT2D eigenvalue weighted by atomic mass is 10.5. The molecule has 0 aromatic carbocycles. The Hall–Kier alpha value is -0.530. The first-order chi connectivity index (χ1) is 4.20. The highest BCUT2D eigenvalue weighted by molar-refractivity contribution is 4.77. The van der Waals surface area contributed by atoms with Crippen molar-refractivity contribution in [1.29, 1.82) is 0 Å². The molecule has 0 aromatic heterocycles. The average Bonchev–Trinajstić information content (AvgIpc) is 1.82. The largest absolute Gasteiger partial charge is 0.368 e. The van der Waals surface area contributed by atoms with Crippen LogP contribution in [0.1, 0.15) is 20.8 Å². The monoisotopic (exact) mass is 130 g/mol. The summed E-state index contributed by atoms with van der Waals surface area (Å²) in [6.07, 6.45) is 2.56. The molecule has 0 aromatic rings. The lowest BCUT2D eigenvalue weighted by molar-refractivity contribution is 0.383. The molecule has 0 heterocycles. The molecular formula is C7H13FN. The van der Waals surface area contributed by atoms with Gasteiger partial charge in [-0.05, 0) is 20.8 Å². The first-order valence-electron chi connectivity index (χ1n) is 3.21. The van der Waals surface area contributed by atoms with Gasteiger partial charge in [-0.15, -0.1) is 0 Å². The van der Waals surface area contributed by atoms with Crippen LogP contribution in [0.25, 0.3) is 0 Å². The third-order valence-corrected chi connectivity index (χ3v) is 1.08. The summed E-state index contributed by atoms with van der Waals surface area (Å²) in [7, 11) is 0. The second-order valence-corrected chi connectivity index (χ2v) is 1.82. The Morgan fingerprint density at radius 3 is 2.00 bits per heavy atom. The fourth-order valence-electron chi connectivity index (χ4n) is 0.600. The van der Waals surface area contributed by atoms with Crippen molar-refractivity contribution in [3.05, 3.63) is 12.0 Å². The SMILES string of the molecule is CCN([C]=C(C)F)CC. The summed E-state index contributed by atoms with van der Waals surface area (Å²) in [6.45, 7) is 6.98. The minimum Gasteiger partial charge on any atom is -0.368 e. The highest BCUT2D eigenvalue weighted by Crippen LogP contribution is 1.95. The molecule has 0 aliphatic carbocycles. The molecule has 0 saturated carbocycles. The van der Waals surface area contributed by atoms with Gasteiger partial charge in [-0.2, -0.15) is 0 Å². The van der Waals surface area contributed by atoms with Crippen LogP contribution in [0.4, 0.5) is 4.39 Å². The van der Waals surface area contributed by atoms with E-state index in [4.69, 9.17) is 0 Å². The van der Waals surface area contributed by atoms with Gasteiger partial charge in [0, 0.05) is 13.1 Å². The number of hydrogen-bond donors (Lipinski definition) is 0. The van der Waals surface area contributed by atoms with Crippen LogP contribution in [0.2, 0.25) is 0 Å². The molecule has 0 unspecified atom stereocenters. The molecule has 0 saturated heterocycles. The second kappa shape index (κ2) is 4.36. The Kier molecular flexibility index (Phi) is 4.10. The number of hydrogen-bond acceptors (Lipinski definition) is 1. The molecule has 1 radical (unpaired) electrons. The first kappa shape index (κ1) is 8.47. The lowest BCUT2D eigenvalue weighted by Crippen LogP contribution is -2.16. The van der Waals surface area contributed by atoms with Gasteiger partial charge in [0.1, 0.15) is 5.83 Å². The van der Waals surface area contributed by atoms with E-state index in [-0.39, 0.29) is 5.83 Å². The molecule has 0 aliphatic rings. The van der Waals surface area contributed by atoms with Crippen LogP contribution in [0.15, 0.2) is 5.83 Å². The summed E-state index contributed by atoms with van der Waals surface area (Å²) in [5.41, 5.74) is 0. The van der Waals surface area contributed by atoms with Crippen molar-refractivity contribution < 1.29 is 4.39 Å². The molecule has 0 bridgehead atoms. The van der Waals surface area contributed by atoms with Gasteiger partial charge in [-0.3, -0.25) is 0 Å². The predicted molar refractivity (Wildman–Crippen MR) is 36.5 cm³/mol. The highest BCUT2D eigenvalue weighted by atomic mass is 19.1. The maximum atomic E-state index is 12.1. The van der Waals surface area contributed by atoms with Crippen LogP contribution < -0.4 is 0 Å². The zero-order valence-corrected chi connectivity index (χ0v) is 6.24. The van der Waals surface area contributed by atoms with E-state index >= 15 is 0 Å². The van der Waals surface area contributed by atoms with E-state index in [1.807, 2.05) is 13.8 Å². The Balaban J connectivity index is 3.68. The van der Waals surface area contributed by atoms with Crippen LogP contribution >= 0.6 is 0 Å². The van der Waals surface area contributed by atoms with E-state index in [9.17, 15) is 4.39 Å². The van der Waals surface area contributed by atoms with Crippen LogP contribution in [0.3, 0.4) is 0 Å². The van der Waals surface area contributed by atoms with Crippen LogP contribution in [0.5, 0.6) is 0 Å². The van der Waals surface area contributed by atoms with Gasteiger partial charge in [-0.1, -0.05) is 0 Å². The fourth-order valence-corrected chi connectivity index (χ4v) is 0.600. The van der Waals surface area contributed by atoms with Gasteiger partial charge in [0.2, 0.25) is 0 Å². The molecule has 0 N–H and O–H groups in total. The maximum Gasteiger partial charge on any atom is 0.122 e. The van der Waals surface area contributed by atoms with Gasteiger partial charge in [-0.25, -0.2) is 4.39 Å². The van der Waals surface area contributed by atoms with Crippen molar-refractivity contribution in [3.63, 3.8) is 0 Å². The quantitative estimate of drug-likeness (QED) is 0.528. The van der Waals surface area contributed by atoms with E-state index in [1.54, 1.807) is 4.90 Å². The normalized spacial score (nSPS) is 11.8. The average molecular weight is 130 g/mol. The summed E-state index contributed by atoms with van der Waals surface area (Å²) in [5.74, 6) is -0.251. The minimum absolute atomic E-state index is 0.251. The van der Waals surface area contributed by atoms with Crippen molar-refractivity contribution in [3.8, 4) is 0 Å². The zero-order chi connectivity index (χ0) is 7.28. The lowest BCUT2D eigenvalue weighted by Gasteiger charge is -2.12. The fraction of sp³-hybridized carbons (Fsp3) is 0.714. The molecule has 0 amide bonds. The summed E-state index contributed by atoms with van der Waals surface area (Å²) in [6, 6.07) is 0. The van der Waals surface area contributed by atoms with Gasteiger partial charge in [0.25, 0.3) is 0 Å². The Labute approximate surface area is 56.2 Å². The first-order valence-corrected chi connectivity index (χ1v) is 3.21. The third kappa shape index (κ3) is 4.01. The molecule has 9 heavy (non-hydrogen) atoms. The van der Waals surface area contributed by atoms with Gasteiger partial charge >= 0.3 is 0 Å². The van der Waals surface area contributed by atoms with Crippen molar-refractivity contribution in [2.45, 2.75) is 20.8 Å². The van der Waals surface area contributed by atoms with E-state index in [2.05, 4.69) is 6.20 Å². The predicted octanol–water partition coefficient (Wildman–Crippen LogP) is 1.96. The summed E-state index contributed by atoms with van der Waals surface area (Å²) in [4.78, 5) is 1.79. The molecule has 0 spiro atoms. The summed E-state index contributed by atoms with van der Waals surface area (Å²) >= 11 is 0. The third-order valence-electron chi connectivity index (χ3n) is 1.08. The molecule has 0 atom stereocenters. The van der Waals surface area contributed by atoms with E-state index in [0.29, 0.717) is 0 Å². The van der Waals surface area contributed by atoms with Crippen molar-refractivity contribution in [1.82, 2.24) is 4.90 Å². The highest BCUT2D eigenvalue weighted by Gasteiger charge is 1.92. The molecule has 0 fully saturated rings. The van der Waals surface area contributed by atoms with E-state index in [0.717, 1.165) is 13.1 Å². The molecule has 0 aliphatic heterocycles. The summed E-state index contributed by atoms with van der Waals surface area (Å²) < 4.78 is 12.1. The molecule has 53 valence electrons. The van der Waals surface area contributed by atoms with Gasteiger partial charge in [0.15, 0.2) is 0 Å². The number of halogens is 1. The molecule has 0 rings (SSSR count). The topological polar surface area (TPSA) is 3.24 Å². The van der Waals surface area contributed by atoms with Crippen LogP contribution in [-0.4, -0.2) is 18.0 Å². The van der Waals surface area contributed by atoms with Crippen molar-refractivity contribution in [2.24, 2.45) is 0 Å². The minimum atomic E-state index is -0.251. The smallest absolute Gasteiger partial charge is 0.122 e. The standard InChI is InChI=1S/C7H13FN/c1-4-9(5-2)6-7(3)8/h4-5H2,1-3H3. The molecule has 2 heteroatoms. The second-order valence-electron chi connectivity index (χ2n) is 1.82. The molecule has 1 nitrogen and oxygen atoms in total. The van der Waals surface area contributed by atoms with Crippen molar-refractivity contribution >= 4 is 0 Å². The Bertz CT molecular complexity index is 91.1. The maximum absolute atomic E-state index is 12.1. The zero-order valence-electron chi connectivity index (χ0n) is 6.24. The van der Waals surface area contributed by atoms with Gasteiger partial charge in [0.05, 0.1) is 6.20 Å². The number of rotatable bonds is 3. The van der Waals surface area contributed by atoms with E-state index < -0.39 is 0 Å². The Morgan fingerprint density at radius 1 is 1.44 bits per heavy atom. The van der Waals surface area contributed by atoms with Crippen molar-refractivity contribution in [2.75, 3.05) is 13.1 Å². The summed E-state index contributed by atoms with van der Waals surface area (Å²) in [5, 5.41) is 0. The van der Waals surface area contributed by atoms with Gasteiger partial charge < -0.3 is 4.90 Å². The van der Waals surface area contributed by atoms with E-state index in [1.165, 1.54) is 6.92 Å². The molecular weight excluding hydrogens is 117 g/mol. The number of nitrogens with zero attached hydrogens (tertiary/aromatic N) is 1. The Morgan fingerprint density at radius 2 is 1.89 bits per heavy atom. The van der Waals surface area contributed by atoms with Crippen LogP contribution in [-0.2, 0) is 0 Å². The number of allylic oxidation sites excluding steroid dienone is 1.